The second-order valence-electron chi connectivity index (χ2n) is 3.80. The number of hydrogen-bond acceptors (Lipinski definition) is 3. The van der Waals surface area contributed by atoms with Gasteiger partial charge in [0.05, 0.1) is 0 Å². The normalized spacial score (nSPS) is 18.0. The molecule has 1 aromatic carbocycles. The topological polar surface area (TPSA) is 15.3 Å². The molecule has 0 amide bonds. The summed E-state index contributed by atoms with van der Waals surface area (Å²) in [5, 5.41) is 4.13. The molecule has 0 unspecified atom stereocenters. The predicted molar refractivity (Wildman–Crippen MR) is 66.9 cm³/mol. The maximum atomic E-state index is 5.97. The van der Waals surface area contributed by atoms with E-state index in [-0.39, 0.29) is 0 Å². The van der Waals surface area contributed by atoms with E-state index in [1.807, 2.05) is 18.2 Å². The van der Waals surface area contributed by atoms with Crippen LogP contribution in [0.4, 0.5) is 0 Å². The molecule has 1 N–H and O–H groups in total. The zero-order chi connectivity index (χ0) is 10.7. The van der Waals surface area contributed by atoms with Crippen LogP contribution in [0.5, 0.6) is 0 Å². The molecule has 1 aliphatic rings. The molecule has 0 atom stereocenters. The quantitative estimate of drug-likeness (QED) is 0.772. The summed E-state index contributed by atoms with van der Waals surface area (Å²) >= 11 is 10.4. The van der Waals surface area contributed by atoms with Gasteiger partial charge in [0.15, 0.2) is 0 Å². The average Bonchev–Trinajstić information content (AvgIpc) is 2.25. The van der Waals surface area contributed by atoms with Gasteiger partial charge < -0.3 is 5.32 Å². The van der Waals surface area contributed by atoms with Gasteiger partial charge >= 0.3 is 0 Å². The van der Waals surface area contributed by atoms with Crippen LogP contribution in [0.2, 0.25) is 5.02 Å². The molecule has 1 saturated heterocycles. The van der Waals surface area contributed by atoms with Gasteiger partial charge in [-0.25, -0.2) is 0 Å². The average molecular weight is 243 g/mol. The van der Waals surface area contributed by atoms with Crippen molar-refractivity contribution >= 4 is 24.2 Å². The first-order valence-corrected chi connectivity index (χ1v) is 5.99. The third kappa shape index (κ3) is 3.11. The first kappa shape index (κ1) is 11.3. The SMILES string of the molecule is Sc1ccc(Cl)cc1CN1CCNCC1. The van der Waals surface area contributed by atoms with Crippen LogP contribution in [0.3, 0.4) is 0 Å². The molecule has 15 heavy (non-hydrogen) atoms. The molecule has 0 aliphatic carbocycles. The predicted octanol–water partition coefficient (Wildman–Crippen LogP) is 2.03. The Kier molecular flexibility index (Phi) is 3.92. The fourth-order valence-electron chi connectivity index (χ4n) is 1.79. The summed E-state index contributed by atoms with van der Waals surface area (Å²) in [6, 6.07) is 5.85. The number of thiol groups is 1. The van der Waals surface area contributed by atoms with Gasteiger partial charge in [-0.05, 0) is 23.8 Å². The largest absolute Gasteiger partial charge is 0.314 e. The molecule has 2 nitrogen and oxygen atoms in total. The molecule has 2 rings (SSSR count). The third-order valence-electron chi connectivity index (χ3n) is 2.65. The van der Waals surface area contributed by atoms with E-state index in [4.69, 9.17) is 11.6 Å². The summed E-state index contributed by atoms with van der Waals surface area (Å²) in [7, 11) is 0. The summed E-state index contributed by atoms with van der Waals surface area (Å²) in [6.45, 7) is 5.28. The van der Waals surface area contributed by atoms with E-state index in [0.29, 0.717) is 0 Å². The van der Waals surface area contributed by atoms with Crippen LogP contribution in [0.1, 0.15) is 5.56 Å². The maximum absolute atomic E-state index is 5.97. The first-order chi connectivity index (χ1) is 7.25. The molecular formula is C11H15ClN2S. The van der Waals surface area contributed by atoms with Gasteiger partial charge in [0.25, 0.3) is 0 Å². The van der Waals surface area contributed by atoms with Gasteiger partial charge in [-0.15, -0.1) is 12.6 Å². The molecule has 0 radical (unpaired) electrons. The Morgan fingerprint density at radius 1 is 1.33 bits per heavy atom. The van der Waals surface area contributed by atoms with E-state index in [2.05, 4.69) is 22.8 Å². The molecule has 1 heterocycles. The van der Waals surface area contributed by atoms with Crippen LogP contribution in [0.15, 0.2) is 23.1 Å². The lowest BCUT2D eigenvalue weighted by molar-refractivity contribution is 0.232. The van der Waals surface area contributed by atoms with Crippen molar-refractivity contribution in [2.45, 2.75) is 11.4 Å². The number of piperazine rings is 1. The van der Waals surface area contributed by atoms with E-state index in [1.54, 1.807) is 0 Å². The molecule has 1 fully saturated rings. The number of hydrogen-bond donors (Lipinski definition) is 2. The van der Waals surface area contributed by atoms with E-state index < -0.39 is 0 Å². The highest BCUT2D eigenvalue weighted by Gasteiger charge is 2.11. The molecule has 0 bridgehead atoms. The second kappa shape index (κ2) is 5.21. The lowest BCUT2D eigenvalue weighted by atomic mass is 10.2. The van der Waals surface area contributed by atoms with Gasteiger partial charge in [-0.1, -0.05) is 11.6 Å². The van der Waals surface area contributed by atoms with Gasteiger partial charge in [-0.2, -0.15) is 0 Å². The standard InChI is InChI=1S/C11H15ClN2S/c12-10-1-2-11(15)9(7-10)8-14-5-3-13-4-6-14/h1-2,7,13,15H,3-6,8H2. The molecule has 0 spiro atoms. The molecule has 1 aromatic rings. The van der Waals surface area contributed by atoms with E-state index in [9.17, 15) is 0 Å². The second-order valence-corrected chi connectivity index (χ2v) is 4.72. The Labute approximate surface area is 101 Å². The zero-order valence-corrected chi connectivity index (χ0v) is 10.2. The van der Waals surface area contributed by atoms with Crippen LogP contribution >= 0.6 is 24.2 Å². The molecule has 0 saturated carbocycles. The Morgan fingerprint density at radius 2 is 2.07 bits per heavy atom. The Hall–Kier alpha value is -0.220. The third-order valence-corrected chi connectivity index (χ3v) is 3.32. The van der Waals surface area contributed by atoms with Crippen LogP contribution in [0, 0.1) is 0 Å². The highest BCUT2D eigenvalue weighted by molar-refractivity contribution is 7.80. The van der Waals surface area contributed by atoms with Crippen molar-refractivity contribution < 1.29 is 0 Å². The Bertz CT molecular complexity index is 337. The summed E-state index contributed by atoms with van der Waals surface area (Å²) < 4.78 is 0. The number of halogens is 1. The Balaban J connectivity index is 2.05. The smallest absolute Gasteiger partial charge is 0.0410 e. The molecule has 82 valence electrons. The highest BCUT2D eigenvalue weighted by Crippen LogP contribution is 2.20. The van der Waals surface area contributed by atoms with Crippen molar-refractivity contribution in [3.8, 4) is 0 Å². The lowest BCUT2D eigenvalue weighted by Gasteiger charge is -2.27. The molecule has 1 aliphatic heterocycles. The van der Waals surface area contributed by atoms with E-state index >= 15 is 0 Å². The fourth-order valence-corrected chi connectivity index (χ4v) is 2.20. The zero-order valence-electron chi connectivity index (χ0n) is 8.54. The van der Waals surface area contributed by atoms with Crippen molar-refractivity contribution in [2.75, 3.05) is 26.2 Å². The maximum Gasteiger partial charge on any atom is 0.0410 e. The van der Waals surface area contributed by atoms with Crippen LogP contribution in [0.25, 0.3) is 0 Å². The van der Waals surface area contributed by atoms with Crippen molar-refractivity contribution in [2.24, 2.45) is 0 Å². The number of rotatable bonds is 2. The van der Waals surface area contributed by atoms with Gasteiger partial charge in [0.2, 0.25) is 0 Å². The van der Waals surface area contributed by atoms with Crippen molar-refractivity contribution in [1.82, 2.24) is 10.2 Å². The first-order valence-electron chi connectivity index (χ1n) is 5.16. The van der Waals surface area contributed by atoms with Crippen LogP contribution < -0.4 is 5.32 Å². The van der Waals surface area contributed by atoms with Gasteiger partial charge in [0, 0.05) is 42.6 Å². The number of benzene rings is 1. The summed E-state index contributed by atoms with van der Waals surface area (Å²) in [4.78, 5) is 3.44. The van der Waals surface area contributed by atoms with E-state index in [1.165, 1.54) is 5.56 Å². The number of nitrogens with one attached hydrogen (secondary N) is 1. The van der Waals surface area contributed by atoms with Crippen LogP contribution in [-0.4, -0.2) is 31.1 Å². The fraction of sp³-hybridized carbons (Fsp3) is 0.455. The van der Waals surface area contributed by atoms with Crippen molar-refractivity contribution in [3.63, 3.8) is 0 Å². The number of nitrogens with zero attached hydrogens (tertiary/aromatic N) is 1. The molecule has 4 heteroatoms. The summed E-state index contributed by atoms with van der Waals surface area (Å²) in [5.74, 6) is 0. The Morgan fingerprint density at radius 3 is 2.80 bits per heavy atom. The van der Waals surface area contributed by atoms with Crippen molar-refractivity contribution in [1.29, 1.82) is 0 Å². The van der Waals surface area contributed by atoms with Gasteiger partial charge in [0.1, 0.15) is 0 Å². The highest BCUT2D eigenvalue weighted by atomic mass is 35.5. The van der Waals surface area contributed by atoms with Crippen LogP contribution in [-0.2, 0) is 6.54 Å². The van der Waals surface area contributed by atoms with E-state index in [0.717, 1.165) is 42.6 Å². The molecule has 0 aromatic heterocycles. The lowest BCUT2D eigenvalue weighted by Crippen LogP contribution is -2.42. The molecular weight excluding hydrogens is 228 g/mol. The minimum Gasteiger partial charge on any atom is -0.314 e. The summed E-state index contributed by atoms with van der Waals surface area (Å²) in [6.07, 6.45) is 0. The van der Waals surface area contributed by atoms with Crippen molar-refractivity contribution in [3.05, 3.63) is 28.8 Å². The van der Waals surface area contributed by atoms with Gasteiger partial charge in [-0.3, -0.25) is 4.90 Å². The monoisotopic (exact) mass is 242 g/mol. The summed E-state index contributed by atoms with van der Waals surface area (Å²) in [5.41, 5.74) is 1.22. The minimum atomic E-state index is 0.790. The minimum absolute atomic E-state index is 0.790.